The fourth-order valence-electron chi connectivity index (χ4n) is 5.56. The topological polar surface area (TPSA) is 142 Å². The molecule has 9 heteroatoms. The second-order valence-corrected chi connectivity index (χ2v) is 14.0. The quantitative estimate of drug-likeness (QED) is 0.0427. The van der Waals surface area contributed by atoms with Crippen LogP contribution < -0.4 is 10.6 Å². The Balaban J connectivity index is 4.43. The van der Waals surface area contributed by atoms with Crippen molar-refractivity contribution in [3.63, 3.8) is 0 Å². The van der Waals surface area contributed by atoms with Gasteiger partial charge in [0.25, 0.3) is 0 Å². The Morgan fingerprint density at radius 3 is 1.41 bits per heavy atom. The van der Waals surface area contributed by atoms with Crippen molar-refractivity contribution in [2.24, 2.45) is 11.8 Å². The lowest BCUT2D eigenvalue weighted by Gasteiger charge is -2.18. The number of carboxylic acids is 1. The second kappa shape index (κ2) is 30.2. The molecule has 4 N–H and O–H groups in total. The van der Waals surface area contributed by atoms with Crippen LogP contribution in [-0.4, -0.2) is 59.3 Å². The molecule has 0 radical (unpaired) electrons. The predicted octanol–water partition coefficient (Wildman–Crippen LogP) is 7.86. The fourth-order valence-corrected chi connectivity index (χ4v) is 5.56. The molecule has 2 amide bonds. The maximum Gasteiger partial charge on any atom is 0.328 e. The minimum Gasteiger partial charge on any atom is -0.480 e. The third kappa shape index (κ3) is 29.3. The van der Waals surface area contributed by atoms with Crippen LogP contribution in [0.1, 0.15) is 175 Å². The van der Waals surface area contributed by atoms with E-state index in [2.05, 4.69) is 38.3 Å². The van der Waals surface area contributed by atoms with Crippen LogP contribution in [0.25, 0.3) is 0 Å². The third-order valence-corrected chi connectivity index (χ3v) is 8.44. The molecular formula is C37H70N2O7. The minimum atomic E-state index is -1.43. The smallest absolute Gasteiger partial charge is 0.328 e. The molecule has 0 spiro atoms. The van der Waals surface area contributed by atoms with Crippen LogP contribution in [0.15, 0.2) is 0 Å². The van der Waals surface area contributed by atoms with E-state index in [1.807, 2.05) is 0 Å². The van der Waals surface area contributed by atoms with Gasteiger partial charge in [0.15, 0.2) is 0 Å². The predicted molar refractivity (Wildman–Crippen MR) is 185 cm³/mol. The van der Waals surface area contributed by atoms with Gasteiger partial charge in [-0.25, -0.2) is 4.79 Å². The van der Waals surface area contributed by atoms with Gasteiger partial charge in [-0.15, -0.1) is 0 Å². The number of aliphatic carboxylic acids is 1. The monoisotopic (exact) mass is 655 g/mol. The van der Waals surface area contributed by atoms with Gasteiger partial charge in [0.2, 0.25) is 11.8 Å². The summed E-state index contributed by atoms with van der Waals surface area (Å²) in [7, 11) is 0. The number of carboxylic acid groups (broad SMARTS) is 1. The normalized spacial score (nSPS) is 12.7. The molecule has 0 unspecified atom stereocenters. The van der Waals surface area contributed by atoms with Gasteiger partial charge >= 0.3 is 11.9 Å². The minimum absolute atomic E-state index is 0.0467. The molecule has 0 aromatic rings. The Labute approximate surface area is 280 Å². The summed E-state index contributed by atoms with van der Waals surface area (Å²) in [6, 6.07) is -1.43. The maximum atomic E-state index is 12.6. The van der Waals surface area contributed by atoms with Crippen LogP contribution in [0.2, 0.25) is 0 Å². The van der Waals surface area contributed by atoms with Gasteiger partial charge < -0.3 is 25.6 Å². The molecule has 0 heterocycles. The fraction of sp³-hybridized carbons (Fsp3) is 0.892. The molecule has 2 atom stereocenters. The summed E-state index contributed by atoms with van der Waals surface area (Å²) in [5.74, 6) is -1.22. The Kier molecular flexibility index (Phi) is 28.8. The Bertz CT molecular complexity index is 788. The first-order chi connectivity index (χ1) is 22.0. The van der Waals surface area contributed by atoms with E-state index in [1.54, 1.807) is 0 Å². The number of ether oxygens (including phenoxy) is 1. The number of hydrogen-bond acceptors (Lipinski definition) is 6. The summed E-state index contributed by atoms with van der Waals surface area (Å²) < 4.78 is 5.73. The third-order valence-electron chi connectivity index (χ3n) is 8.44. The van der Waals surface area contributed by atoms with Crippen molar-refractivity contribution < 1.29 is 34.1 Å². The number of nitrogens with one attached hydrogen (secondary N) is 2. The lowest BCUT2D eigenvalue weighted by Crippen LogP contribution is -2.47. The van der Waals surface area contributed by atoms with E-state index in [0.717, 1.165) is 50.4 Å². The highest BCUT2D eigenvalue weighted by Gasteiger charge is 2.21. The molecule has 0 aliphatic rings. The first kappa shape index (κ1) is 43.8. The number of hydrogen-bond donors (Lipinski definition) is 4. The second-order valence-electron chi connectivity index (χ2n) is 14.0. The van der Waals surface area contributed by atoms with Gasteiger partial charge in [-0.3, -0.25) is 14.4 Å². The lowest BCUT2D eigenvalue weighted by atomic mass is 10.0. The number of esters is 1. The largest absolute Gasteiger partial charge is 0.480 e. The molecule has 0 saturated heterocycles. The van der Waals surface area contributed by atoms with Crippen molar-refractivity contribution in [3.8, 4) is 0 Å². The average molecular weight is 655 g/mol. The van der Waals surface area contributed by atoms with Crippen molar-refractivity contribution in [1.82, 2.24) is 10.6 Å². The standard InChI is InChI=1S/C37H70N2O7/c1-30(2)23-19-15-11-7-5-9-13-17-21-25-32(27-34(41)38-28-35(42)39-33(29-40)37(44)45)46-36(43)26-22-18-14-10-6-8-12-16-20-24-31(3)4/h30-33,40H,5-29H2,1-4H3,(H,38,41)(H,39,42)(H,44,45)/t32-,33-/m0/s1. The summed E-state index contributed by atoms with van der Waals surface area (Å²) in [5.41, 5.74) is 0. The van der Waals surface area contributed by atoms with Crippen molar-refractivity contribution in [2.75, 3.05) is 13.2 Å². The van der Waals surface area contributed by atoms with Crippen molar-refractivity contribution in [2.45, 2.75) is 188 Å². The van der Waals surface area contributed by atoms with Crippen molar-refractivity contribution in [1.29, 1.82) is 0 Å². The Hall–Kier alpha value is -2.16. The van der Waals surface area contributed by atoms with Crippen LogP contribution in [-0.2, 0) is 23.9 Å². The lowest BCUT2D eigenvalue weighted by molar-refractivity contribution is -0.151. The van der Waals surface area contributed by atoms with E-state index in [9.17, 15) is 19.2 Å². The molecule has 0 aliphatic heterocycles. The number of carbonyl (C=O) groups excluding carboxylic acids is 3. The molecule has 0 rings (SSSR count). The van der Waals surface area contributed by atoms with Gasteiger partial charge in [-0.1, -0.05) is 143 Å². The summed E-state index contributed by atoms with van der Waals surface area (Å²) in [6.07, 6.45) is 24.1. The highest BCUT2D eigenvalue weighted by Crippen LogP contribution is 2.17. The van der Waals surface area contributed by atoms with Crippen LogP contribution >= 0.6 is 0 Å². The van der Waals surface area contributed by atoms with Crippen molar-refractivity contribution in [3.05, 3.63) is 0 Å². The molecule has 0 bridgehead atoms. The number of amides is 2. The molecule has 0 saturated carbocycles. The molecule has 9 nitrogen and oxygen atoms in total. The van der Waals surface area contributed by atoms with E-state index >= 15 is 0 Å². The Morgan fingerprint density at radius 1 is 0.587 bits per heavy atom. The van der Waals surface area contributed by atoms with E-state index in [0.29, 0.717) is 12.8 Å². The first-order valence-corrected chi connectivity index (χ1v) is 18.6. The summed E-state index contributed by atoms with van der Waals surface area (Å²) in [5, 5.41) is 22.7. The van der Waals surface area contributed by atoms with E-state index < -0.39 is 43.1 Å². The molecule has 46 heavy (non-hydrogen) atoms. The molecule has 0 aromatic heterocycles. The van der Waals surface area contributed by atoms with E-state index in [4.69, 9.17) is 14.9 Å². The number of aliphatic hydroxyl groups excluding tert-OH is 1. The first-order valence-electron chi connectivity index (χ1n) is 18.6. The molecule has 0 fully saturated rings. The number of unbranched alkanes of at least 4 members (excludes halogenated alkanes) is 16. The number of rotatable bonds is 32. The maximum absolute atomic E-state index is 12.6. The van der Waals surface area contributed by atoms with E-state index in [-0.39, 0.29) is 12.4 Å². The van der Waals surface area contributed by atoms with Gasteiger partial charge in [0.05, 0.1) is 19.6 Å². The van der Waals surface area contributed by atoms with E-state index in [1.165, 1.54) is 89.9 Å². The molecular weight excluding hydrogens is 584 g/mol. The highest BCUT2D eigenvalue weighted by molar-refractivity contribution is 5.88. The zero-order valence-corrected chi connectivity index (χ0v) is 29.9. The van der Waals surface area contributed by atoms with Gasteiger partial charge in [0, 0.05) is 6.42 Å². The van der Waals surface area contributed by atoms with Crippen LogP contribution in [0.5, 0.6) is 0 Å². The summed E-state index contributed by atoms with van der Waals surface area (Å²) in [4.78, 5) is 48.2. The Morgan fingerprint density at radius 2 is 1.00 bits per heavy atom. The molecule has 0 aliphatic carbocycles. The zero-order chi connectivity index (χ0) is 34.4. The highest BCUT2D eigenvalue weighted by atomic mass is 16.5. The zero-order valence-electron chi connectivity index (χ0n) is 29.9. The van der Waals surface area contributed by atoms with Crippen molar-refractivity contribution >= 4 is 23.8 Å². The summed E-state index contributed by atoms with van der Waals surface area (Å²) in [6.45, 7) is 7.93. The van der Waals surface area contributed by atoms with Gasteiger partial charge in [-0.2, -0.15) is 0 Å². The average Bonchev–Trinajstić information content (AvgIpc) is 2.99. The van der Waals surface area contributed by atoms with Crippen LogP contribution in [0, 0.1) is 11.8 Å². The number of aliphatic hydroxyl groups is 1. The summed E-state index contributed by atoms with van der Waals surface area (Å²) >= 11 is 0. The SMILES string of the molecule is CC(C)CCCCCCCCCCCC(=O)O[C@@H](CCCCCCCCCCCC(C)C)CC(=O)NCC(=O)N[C@@H](CO)C(=O)O. The van der Waals surface area contributed by atoms with Crippen LogP contribution in [0.3, 0.4) is 0 Å². The number of carbonyl (C=O) groups is 4. The van der Waals surface area contributed by atoms with Gasteiger partial charge in [-0.05, 0) is 31.1 Å². The molecule has 0 aromatic carbocycles. The van der Waals surface area contributed by atoms with Gasteiger partial charge in [0.1, 0.15) is 12.1 Å². The molecule has 270 valence electrons. The van der Waals surface area contributed by atoms with Crippen LogP contribution in [0.4, 0.5) is 0 Å².